The summed E-state index contributed by atoms with van der Waals surface area (Å²) < 4.78 is 15.9. The van der Waals surface area contributed by atoms with Crippen molar-refractivity contribution in [3.63, 3.8) is 0 Å². The largest absolute Gasteiger partial charge is 0.479 e. The predicted octanol–water partition coefficient (Wildman–Crippen LogP) is 2.24. The van der Waals surface area contributed by atoms with Crippen LogP contribution in [0.3, 0.4) is 0 Å². The van der Waals surface area contributed by atoms with E-state index in [4.69, 9.17) is 14.2 Å². The van der Waals surface area contributed by atoms with E-state index in [1.165, 1.54) is 14.2 Å². The molecule has 1 aliphatic heterocycles. The number of carbonyl (C=O) groups is 3. The van der Waals surface area contributed by atoms with Crippen molar-refractivity contribution < 1.29 is 33.7 Å². The molecule has 9 nitrogen and oxygen atoms in total. The highest BCUT2D eigenvalue weighted by atomic mass is 16.5. The topological polar surface area (TPSA) is 114 Å². The third kappa shape index (κ3) is 4.24. The Labute approximate surface area is 197 Å². The summed E-state index contributed by atoms with van der Waals surface area (Å²) in [7, 11) is 2.79. The van der Waals surface area contributed by atoms with Crippen molar-refractivity contribution in [2.75, 3.05) is 40.6 Å². The van der Waals surface area contributed by atoms with Gasteiger partial charge >= 0.3 is 12.1 Å². The minimum atomic E-state index is -1.48. The van der Waals surface area contributed by atoms with Gasteiger partial charge in [-0.25, -0.2) is 9.59 Å². The Balaban J connectivity index is 1.44. The maximum absolute atomic E-state index is 13.1. The lowest BCUT2D eigenvalue weighted by Gasteiger charge is -2.35. The lowest BCUT2D eigenvalue weighted by atomic mass is 9.96. The molecule has 0 bridgehead atoms. The molecule has 180 valence electrons. The number of carboxylic acids is 1. The zero-order valence-electron chi connectivity index (χ0n) is 19.2. The number of nitrogens with zero attached hydrogens (tertiary/aromatic N) is 1. The Morgan fingerprint density at radius 3 is 2.29 bits per heavy atom. The summed E-state index contributed by atoms with van der Waals surface area (Å²) in [5.41, 5.74) is 2.89. The molecular formula is C25H28N2O7. The number of nitrogens with one attached hydrogen (secondary N) is 1. The molecule has 0 radical (unpaired) electrons. The molecule has 0 aromatic heterocycles. The molecule has 0 saturated carbocycles. The SMILES string of the molecule is COC[C@H](NC(=O)OCC1c2ccccc2-c2ccccc21)C(=O)N(C)C1(C(=O)O)CCOC1. The first-order valence-corrected chi connectivity index (χ1v) is 11.1. The Kier molecular flexibility index (Phi) is 6.85. The van der Waals surface area contributed by atoms with E-state index >= 15 is 0 Å². The summed E-state index contributed by atoms with van der Waals surface area (Å²) in [5.74, 6) is -1.87. The summed E-state index contributed by atoms with van der Waals surface area (Å²) in [6.45, 7) is 0.0777. The first kappa shape index (κ1) is 23.7. The number of amides is 2. The van der Waals surface area contributed by atoms with Crippen LogP contribution in [0, 0.1) is 0 Å². The number of hydrogen-bond donors (Lipinski definition) is 2. The van der Waals surface area contributed by atoms with Crippen LogP contribution in [0.1, 0.15) is 23.5 Å². The number of alkyl carbamates (subject to hydrolysis) is 1. The Morgan fingerprint density at radius 2 is 1.76 bits per heavy atom. The minimum Gasteiger partial charge on any atom is -0.479 e. The van der Waals surface area contributed by atoms with Crippen LogP contribution in [0.15, 0.2) is 48.5 Å². The number of benzene rings is 2. The molecule has 2 atom stereocenters. The van der Waals surface area contributed by atoms with Crippen molar-refractivity contribution >= 4 is 18.0 Å². The fourth-order valence-corrected chi connectivity index (χ4v) is 4.70. The standard InChI is InChI=1S/C25H28N2O7/c1-27(25(23(29)30)11-12-33-15-25)22(28)21(14-32-2)26-24(31)34-13-20-18-9-5-3-7-16(18)17-8-4-6-10-19(17)20/h3-10,20-21H,11-15H2,1-2H3,(H,26,31)(H,29,30)/t21-,25?/m0/s1. The summed E-state index contributed by atoms with van der Waals surface area (Å²) in [6.07, 6.45) is -0.618. The van der Waals surface area contributed by atoms with E-state index in [9.17, 15) is 19.5 Å². The number of aliphatic carboxylic acids is 1. The number of carbonyl (C=O) groups excluding carboxylic acids is 2. The van der Waals surface area contributed by atoms with E-state index in [-0.39, 0.29) is 38.8 Å². The van der Waals surface area contributed by atoms with Crippen LogP contribution in [0.4, 0.5) is 4.79 Å². The van der Waals surface area contributed by atoms with Gasteiger partial charge in [0.1, 0.15) is 12.6 Å². The van der Waals surface area contributed by atoms with Gasteiger partial charge in [-0.3, -0.25) is 4.79 Å². The lowest BCUT2D eigenvalue weighted by molar-refractivity contribution is -0.159. The molecule has 2 N–H and O–H groups in total. The molecule has 1 fully saturated rings. The van der Waals surface area contributed by atoms with Gasteiger partial charge in [-0.1, -0.05) is 48.5 Å². The number of ether oxygens (including phenoxy) is 3. The van der Waals surface area contributed by atoms with E-state index in [0.717, 1.165) is 27.2 Å². The second-order valence-corrected chi connectivity index (χ2v) is 8.51. The number of methoxy groups -OCH3 is 1. The van der Waals surface area contributed by atoms with Gasteiger partial charge in [0, 0.05) is 33.1 Å². The van der Waals surface area contributed by atoms with Gasteiger partial charge in [-0.2, -0.15) is 0 Å². The minimum absolute atomic E-state index is 0.0937. The molecule has 2 aromatic rings. The molecule has 2 aliphatic rings. The van der Waals surface area contributed by atoms with Crippen molar-refractivity contribution in [1.82, 2.24) is 10.2 Å². The number of rotatable bonds is 8. The van der Waals surface area contributed by atoms with Crippen molar-refractivity contribution in [2.24, 2.45) is 0 Å². The molecule has 0 spiro atoms. The normalized spacial score (nSPS) is 19.7. The quantitative estimate of drug-likeness (QED) is 0.611. The van der Waals surface area contributed by atoms with Crippen LogP contribution >= 0.6 is 0 Å². The molecule has 2 aromatic carbocycles. The Bertz CT molecular complexity index is 1030. The highest BCUT2D eigenvalue weighted by Crippen LogP contribution is 2.44. The molecule has 1 saturated heterocycles. The van der Waals surface area contributed by atoms with E-state index in [1.54, 1.807) is 0 Å². The average molecular weight is 469 g/mol. The monoisotopic (exact) mass is 468 g/mol. The van der Waals surface area contributed by atoms with Gasteiger partial charge in [0.25, 0.3) is 0 Å². The highest BCUT2D eigenvalue weighted by Gasteiger charge is 2.49. The molecule has 1 heterocycles. The number of fused-ring (bicyclic) bond motifs is 3. The zero-order chi connectivity index (χ0) is 24.3. The zero-order valence-corrected chi connectivity index (χ0v) is 19.2. The Hall–Kier alpha value is -3.43. The summed E-state index contributed by atoms with van der Waals surface area (Å²) in [4.78, 5) is 38.8. The third-order valence-electron chi connectivity index (χ3n) is 6.64. The molecule has 4 rings (SSSR count). The molecule has 1 unspecified atom stereocenters. The van der Waals surface area contributed by atoms with Crippen LogP contribution in [0.5, 0.6) is 0 Å². The number of hydrogen-bond acceptors (Lipinski definition) is 6. The maximum Gasteiger partial charge on any atom is 0.407 e. The van der Waals surface area contributed by atoms with E-state index in [1.807, 2.05) is 48.5 Å². The van der Waals surface area contributed by atoms with E-state index in [0.29, 0.717) is 0 Å². The van der Waals surface area contributed by atoms with Gasteiger partial charge in [-0.05, 0) is 22.3 Å². The van der Waals surface area contributed by atoms with Crippen molar-refractivity contribution in [2.45, 2.75) is 23.9 Å². The first-order valence-electron chi connectivity index (χ1n) is 11.1. The molecule has 9 heteroatoms. The van der Waals surface area contributed by atoms with Crippen molar-refractivity contribution in [3.05, 3.63) is 59.7 Å². The highest BCUT2D eigenvalue weighted by molar-refractivity contribution is 5.91. The smallest absolute Gasteiger partial charge is 0.407 e. The first-order chi connectivity index (χ1) is 16.4. The second kappa shape index (κ2) is 9.82. The predicted molar refractivity (Wildman–Crippen MR) is 122 cm³/mol. The number of carboxylic acid groups (broad SMARTS) is 1. The Morgan fingerprint density at radius 1 is 1.15 bits per heavy atom. The fourth-order valence-electron chi connectivity index (χ4n) is 4.70. The van der Waals surface area contributed by atoms with Crippen LogP contribution in [0.2, 0.25) is 0 Å². The van der Waals surface area contributed by atoms with Crippen molar-refractivity contribution in [1.29, 1.82) is 0 Å². The van der Waals surface area contributed by atoms with Gasteiger partial charge in [0.2, 0.25) is 5.91 Å². The van der Waals surface area contributed by atoms with E-state index in [2.05, 4.69) is 5.32 Å². The average Bonchev–Trinajstić information content (AvgIpc) is 3.46. The summed E-state index contributed by atoms with van der Waals surface area (Å²) in [6, 6.07) is 14.9. The van der Waals surface area contributed by atoms with Crippen molar-refractivity contribution in [3.8, 4) is 11.1 Å². The van der Waals surface area contributed by atoms with E-state index < -0.39 is 29.6 Å². The summed E-state index contributed by atoms with van der Waals surface area (Å²) in [5, 5.41) is 12.3. The third-order valence-corrected chi connectivity index (χ3v) is 6.64. The summed E-state index contributed by atoms with van der Waals surface area (Å²) >= 11 is 0. The van der Waals surface area contributed by atoms with Gasteiger partial charge in [-0.15, -0.1) is 0 Å². The molecular weight excluding hydrogens is 440 g/mol. The molecule has 2 amide bonds. The maximum atomic E-state index is 13.1. The fraction of sp³-hybridized carbons (Fsp3) is 0.400. The lowest BCUT2D eigenvalue weighted by Crippen LogP contribution is -2.61. The van der Waals surface area contributed by atoms with Gasteiger partial charge in [0.05, 0.1) is 13.2 Å². The second-order valence-electron chi connectivity index (χ2n) is 8.51. The van der Waals surface area contributed by atoms with Crippen LogP contribution in [-0.4, -0.2) is 80.1 Å². The molecule has 1 aliphatic carbocycles. The van der Waals surface area contributed by atoms with Crippen LogP contribution < -0.4 is 5.32 Å². The van der Waals surface area contributed by atoms with Crippen LogP contribution in [-0.2, 0) is 23.8 Å². The van der Waals surface area contributed by atoms with Gasteiger partial charge < -0.3 is 29.5 Å². The number of likely N-dealkylation sites (N-methyl/N-ethyl adjacent to an activating group) is 1. The molecule has 34 heavy (non-hydrogen) atoms. The van der Waals surface area contributed by atoms with Crippen LogP contribution in [0.25, 0.3) is 11.1 Å². The van der Waals surface area contributed by atoms with Gasteiger partial charge in [0.15, 0.2) is 5.54 Å².